The molecule has 1 fully saturated rings. The molecule has 0 aliphatic carbocycles. The van der Waals surface area contributed by atoms with E-state index in [-0.39, 0.29) is 18.7 Å². The van der Waals surface area contributed by atoms with Crippen LogP contribution in [0.3, 0.4) is 0 Å². The van der Waals surface area contributed by atoms with Crippen molar-refractivity contribution in [3.63, 3.8) is 0 Å². The first kappa shape index (κ1) is 25.4. The van der Waals surface area contributed by atoms with Crippen molar-refractivity contribution in [2.75, 3.05) is 13.2 Å². The zero-order chi connectivity index (χ0) is 25.4. The standard InChI is InChI=1S/C17H15F8N5O3S/c18-17(19,20)12-5-11(6-13(7-12)34(21,22,23,24)25)15-26-9-30(29-15)3-1-14(31)27-28-16(32)10-2-4-33-8-10/h1,3,5-7,9-10H,2,4,8H2,(H,27,31)(H,28,32)/b3-1-. The van der Waals surface area contributed by atoms with E-state index in [2.05, 4.69) is 20.9 Å². The smallest absolute Gasteiger partial charge is 0.381 e. The molecule has 8 nitrogen and oxygen atoms in total. The Hall–Kier alpha value is -3.21. The Morgan fingerprint density at radius 3 is 2.41 bits per heavy atom. The van der Waals surface area contributed by atoms with Gasteiger partial charge >= 0.3 is 16.4 Å². The first-order valence-corrected chi connectivity index (χ1v) is 11.1. The van der Waals surface area contributed by atoms with Crippen LogP contribution in [0.5, 0.6) is 0 Å². The van der Waals surface area contributed by atoms with Crippen LogP contribution in [-0.4, -0.2) is 39.8 Å². The van der Waals surface area contributed by atoms with Gasteiger partial charge in [-0.05, 0) is 24.6 Å². The number of hydrogen-bond donors (Lipinski definition) is 2. The summed E-state index contributed by atoms with van der Waals surface area (Å²) < 4.78 is 111. The van der Waals surface area contributed by atoms with Crippen LogP contribution < -0.4 is 10.9 Å². The van der Waals surface area contributed by atoms with Crippen LogP contribution in [0.1, 0.15) is 12.0 Å². The molecular weight excluding hydrogens is 506 g/mol. The molecule has 1 atom stereocenters. The van der Waals surface area contributed by atoms with E-state index < -0.39 is 62.0 Å². The highest BCUT2D eigenvalue weighted by atomic mass is 32.5. The summed E-state index contributed by atoms with van der Waals surface area (Å²) in [6.07, 6.45) is -2.35. The highest BCUT2D eigenvalue weighted by molar-refractivity contribution is 8.45. The van der Waals surface area contributed by atoms with Crippen molar-refractivity contribution in [2.24, 2.45) is 5.92 Å². The van der Waals surface area contributed by atoms with Crippen LogP contribution in [0.2, 0.25) is 0 Å². The number of carbonyl (C=O) groups excluding carboxylic acids is 2. The molecule has 34 heavy (non-hydrogen) atoms. The monoisotopic (exact) mass is 521 g/mol. The number of aromatic nitrogens is 3. The normalized spacial score (nSPS) is 19.0. The number of ether oxygens (including phenoxy) is 1. The number of amides is 2. The average molecular weight is 521 g/mol. The zero-order valence-electron chi connectivity index (χ0n) is 16.7. The lowest BCUT2D eigenvalue weighted by molar-refractivity contribution is -0.137. The van der Waals surface area contributed by atoms with Gasteiger partial charge in [-0.2, -0.15) is 13.2 Å². The Morgan fingerprint density at radius 1 is 1.12 bits per heavy atom. The van der Waals surface area contributed by atoms with Crippen molar-refractivity contribution in [3.8, 4) is 11.4 Å². The largest absolute Gasteiger partial charge is 0.416 e. The molecule has 2 N–H and O–H groups in total. The first-order chi connectivity index (χ1) is 15.4. The molecule has 0 spiro atoms. The van der Waals surface area contributed by atoms with Crippen LogP contribution >= 0.6 is 10.2 Å². The van der Waals surface area contributed by atoms with Gasteiger partial charge in [-0.3, -0.25) is 20.4 Å². The number of hydrazine groups is 1. The summed E-state index contributed by atoms with van der Waals surface area (Å²) in [5.41, 5.74) is 1.26. The van der Waals surface area contributed by atoms with E-state index >= 15 is 0 Å². The molecule has 1 aliphatic rings. The molecule has 17 heteroatoms. The van der Waals surface area contributed by atoms with E-state index in [1.54, 1.807) is 0 Å². The SMILES string of the molecule is O=C(/C=C\n1cnc(-c2cc(C(F)(F)F)cc(S(F)(F)(F)(F)F)c2)n1)NNC(=O)C1CCOC1. The summed E-state index contributed by atoms with van der Waals surface area (Å²) in [6, 6.07) is -0.682. The van der Waals surface area contributed by atoms with Gasteiger partial charge in [0.05, 0.1) is 18.1 Å². The molecule has 1 saturated heterocycles. The van der Waals surface area contributed by atoms with E-state index in [0.29, 0.717) is 13.0 Å². The minimum absolute atomic E-state index is 0.185. The van der Waals surface area contributed by atoms with Crippen LogP contribution in [0.15, 0.2) is 35.5 Å². The molecule has 188 valence electrons. The number of hydrogen-bond acceptors (Lipinski definition) is 5. The van der Waals surface area contributed by atoms with Crippen LogP contribution in [0.25, 0.3) is 17.6 Å². The number of halogens is 8. The fraction of sp³-hybridized carbons (Fsp3) is 0.294. The Kier molecular flexibility index (Phi) is 5.93. The molecule has 2 amide bonds. The van der Waals surface area contributed by atoms with Crippen molar-refractivity contribution in [2.45, 2.75) is 17.5 Å². The lowest BCUT2D eigenvalue weighted by Crippen LogP contribution is -2.44. The minimum atomic E-state index is -10.5. The highest BCUT2D eigenvalue weighted by Crippen LogP contribution is 3.02. The predicted octanol–water partition coefficient (Wildman–Crippen LogP) is 4.28. The van der Waals surface area contributed by atoms with Gasteiger partial charge in [0.15, 0.2) is 5.82 Å². The lowest BCUT2D eigenvalue weighted by atomic mass is 10.1. The quantitative estimate of drug-likeness (QED) is 0.348. The van der Waals surface area contributed by atoms with E-state index in [1.165, 1.54) is 0 Å². The maximum atomic E-state index is 13.1. The molecule has 0 saturated carbocycles. The highest BCUT2D eigenvalue weighted by Gasteiger charge is 2.66. The number of nitrogens with one attached hydrogen (secondary N) is 2. The van der Waals surface area contributed by atoms with Crippen LogP contribution in [0, 0.1) is 5.92 Å². The van der Waals surface area contributed by atoms with Crippen molar-refractivity contribution < 1.29 is 46.9 Å². The summed E-state index contributed by atoms with van der Waals surface area (Å²) in [6.45, 7) is 0.592. The molecule has 2 heterocycles. The molecule has 3 rings (SSSR count). The number of benzene rings is 1. The summed E-state index contributed by atoms with van der Waals surface area (Å²) in [4.78, 5) is 24.3. The molecule has 2 aromatic rings. The summed E-state index contributed by atoms with van der Waals surface area (Å²) in [5.74, 6) is -2.53. The van der Waals surface area contributed by atoms with Gasteiger partial charge in [0.25, 0.3) is 5.91 Å². The number of rotatable bonds is 5. The van der Waals surface area contributed by atoms with Crippen molar-refractivity contribution >= 4 is 28.2 Å². The zero-order valence-corrected chi connectivity index (χ0v) is 17.5. The fourth-order valence-corrected chi connectivity index (χ4v) is 3.45. The Bertz CT molecular complexity index is 1140. The van der Waals surface area contributed by atoms with Gasteiger partial charge < -0.3 is 4.74 Å². The average Bonchev–Trinajstić information content (AvgIpc) is 3.40. The Morgan fingerprint density at radius 2 is 1.82 bits per heavy atom. The third-order valence-electron chi connectivity index (χ3n) is 4.43. The van der Waals surface area contributed by atoms with Crippen molar-refractivity contribution in [1.29, 1.82) is 0 Å². The van der Waals surface area contributed by atoms with Gasteiger partial charge in [0.1, 0.15) is 11.2 Å². The second-order valence-corrected chi connectivity index (χ2v) is 9.53. The topological polar surface area (TPSA) is 98.1 Å². The molecule has 1 aromatic heterocycles. The lowest BCUT2D eigenvalue weighted by Gasteiger charge is -2.40. The maximum absolute atomic E-state index is 13.1. The third kappa shape index (κ3) is 6.43. The molecular formula is C17H15F8N5O3S. The first-order valence-electron chi connectivity index (χ1n) is 9.16. The number of alkyl halides is 3. The molecule has 1 aromatic carbocycles. The van der Waals surface area contributed by atoms with Gasteiger partial charge in [-0.1, -0.05) is 19.4 Å². The van der Waals surface area contributed by atoms with E-state index in [0.717, 1.165) is 23.3 Å². The summed E-state index contributed by atoms with van der Waals surface area (Å²) >= 11 is 0. The molecule has 1 aliphatic heterocycles. The number of carbonyl (C=O) groups is 2. The summed E-state index contributed by atoms with van der Waals surface area (Å²) in [5, 5.41) is 3.57. The molecule has 0 radical (unpaired) electrons. The second-order valence-electron chi connectivity index (χ2n) is 7.12. The summed E-state index contributed by atoms with van der Waals surface area (Å²) in [7, 11) is -10.5. The molecule has 1 unspecified atom stereocenters. The van der Waals surface area contributed by atoms with Crippen LogP contribution in [-0.2, 0) is 20.5 Å². The van der Waals surface area contributed by atoms with Gasteiger partial charge in [-0.25, -0.2) is 9.67 Å². The predicted molar refractivity (Wildman–Crippen MR) is 102 cm³/mol. The Labute approximate surface area is 185 Å². The fourth-order valence-electron chi connectivity index (χ4n) is 2.75. The van der Waals surface area contributed by atoms with Crippen molar-refractivity contribution in [3.05, 3.63) is 36.2 Å². The number of nitrogens with zero attached hydrogens (tertiary/aromatic N) is 3. The van der Waals surface area contributed by atoms with Crippen molar-refractivity contribution in [1.82, 2.24) is 25.6 Å². The van der Waals surface area contributed by atoms with Gasteiger partial charge in [-0.15, -0.1) is 5.10 Å². The van der Waals surface area contributed by atoms with Crippen LogP contribution in [0.4, 0.5) is 32.6 Å². The van der Waals surface area contributed by atoms with E-state index in [1.807, 2.05) is 0 Å². The minimum Gasteiger partial charge on any atom is -0.381 e. The second kappa shape index (κ2) is 7.93. The van der Waals surface area contributed by atoms with E-state index in [9.17, 15) is 42.2 Å². The van der Waals surface area contributed by atoms with Gasteiger partial charge in [0, 0.05) is 24.4 Å². The van der Waals surface area contributed by atoms with E-state index in [4.69, 9.17) is 4.74 Å². The third-order valence-corrected chi connectivity index (χ3v) is 5.56. The molecule has 0 bridgehead atoms. The Balaban J connectivity index is 1.78. The van der Waals surface area contributed by atoms with Gasteiger partial charge in [0.2, 0.25) is 5.91 Å². The maximum Gasteiger partial charge on any atom is 0.416 e.